The van der Waals surface area contributed by atoms with Gasteiger partial charge in [-0.3, -0.25) is 14.9 Å². The molecule has 0 aromatic rings. The number of thioether (sulfide) groups is 1. The zero-order chi connectivity index (χ0) is 19.6. The molecule has 27 heavy (non-hydrogen) atoms. The molecule has 1 aliphatic carbocycles. The van der Waals surface area contributed by atoms with Crippen LogP contribution >= 0.6 is 11.8 Å². The molecule has 2 heterocycles. The van der Waals surface area contributed by atoms with Crippen LogP contribution in [0.1, 0.15) is 58.8 Å². The summed E-state index contributed by atoms with van der Waals surface area (Å²) >= 11 is 1.56. The third-order valence-corrected chi connectivity index (χ3v) is 7.06. The first kappa shape index (κ1) is 20.0. The Morgan fingerprint density at radius 3 is 2.67 bits per heavy atom. The maximum Gasteiger partial charge on any atom is 0.330 e. The maximum absolute atomic E-state index is 12.5. The Bertz CT molecular complexity index is 636. The van der Waals surface area contributed by atoms with Gasteiger partial charge in [0.15, 0.2) is 6.10 Å². The Morgan fingerprint density at radius 1 is 1.26 bits per heavy atom. The van der Waals surface area contributed by atoms with E-state index in [2.05, 4.69) is 10.6 Å². The molecule has 2 N–H and O–H groups in total. The van der Waals surface area contributed by atoms with Crippen molar-refractivity contribution < 1.29 is 23.9 Å². The van der Waals surface area contributed by atoms with Crippen molar-refractivity contribution in [2.24, 2.45) is 0 Å². The average Bonchev–Trinajstić information content (AvgIpc) is 3.11. The van der Waals surface area contributed by atoms with E-state index in [-0.39, 0.29) is 16.8 Å². The van der Waals surface area contributed by atoms with Gasteiger partial charge in [0.25, 0.3) is 5.91 Å². The van der Waals surface area contributed by atoms with Crippen LogP contribution in [0.3, 0.4) is 0 Å². The fraction of sp³-hybridized carbons (Fsp3) is 0.778. The molecule has 2 aliphatic heterocycles. The zero-order valence-electron chi connectivity index (χ0n) is 15.8. The second-order valence-electron chi connectivity index (χ2n) is 7.64. The second-order valence-corrected chi connectivity index (χ2v) is 9.14. The van der Waals surface area contributed by atoms with Gasteiger partial charge in [-0.25, -0.2) is 9.59 Å². The summed E-state index contributed by atoms with van der Waals surface area (Å²) in [5.41, 5.74) is 0. The number of nitrogens with one attached hydrogen (secondary N) is 2. The van der Waals surface area contributed by atoms with Crippen LogP contribution in [-0.2, 0) is 19.1 Å². The fourth-order valence-electron chi connectivity index (χ4n) is 3.98. The van der Waals surface area contributed by atoms with Crippen LogP contribution in [0.4, 0.5) is 4.79 Å². The lowest BCUT2D eigenvalue weighted by Crippen LogP contribution is -2.50. The summed E-state index contributed by atoms with van der Waals surface area (Å²) in [6.45, 7) is 3.37. The molecule has 0 bridgehead atoms. The summed E-state index contributed by atoms with van der Waals surface area (Å²) < 4.78 is 5.25. The van der Waals surface area contributed by atoms with Crippen LogP contribution in [0.25, 0.3) is 0 Å². The molecule has 3 rings (SSSR count). The smallest absolute Gasteiger partial charge is 0.330 e. The van der Waals surface area contributed by atoms with E-state index >= 15 is 0 Å². The van der Waals surface area contributed by atoms with E-state index in [1.54, 1.807) is 16.7 Å². The van der Waals surface area contributed by atoms with Crippen molar-refractivity contribution >= 4 is 35.6 Å². The van der Waals surface area contributed by atoms with Crippen LogP contribution in [0.5, 0.6) is 0 Å². The van der Waals surface area contributed by atoms with Crippen molar-refractivity contribution in [2.45, 2.75) is 81.9 Å². The van der Waals surface area contributed by atoms with E-state index in [1.807, 2.05) is 6.92 Å². The van der Waals surface area contributed by atoms with Gasteiger partial charge in [-0.2, -0.15) is 0 Å². The standard InChI is InChI=1S/C18H27N3O5S/c1-11(15(23)20-17(25)19-12-6-4-3-5-7-12)26-16(24)13-10-27-18(2)9-8-14(22)21(13)18/h11-13H,3-10H2,1-2H3,(H2,19,20,23,25)/t11-,13-,18-/m0/s1. The minimum atomic E-state index is -1.11. The number of amides is 4. The van der Waals surface area contributed by atoms with E-state index in [0.717, 1.165) is 25.7 Å². The number of hydrogen-bond acceptors (Lipinski definition) is 6. The Hall–Kier alpha value is -1.77. The lowest BCUT2D eigenvalue weighted by molar-refractivity contribution is -0.161. The number of rotatable bonds is 4. The van der Waals surface area contributed by atoms with E-state index in [9.17, 15) is 19.2 Å². The number of imide groups is 1. The first-order chi connectivity index (χ1) is 12.8. The van der Waals surface area contributed by atoms with E-state index in [4.69, 9.17) is 4.74 Å². The number of urea groups is 1. The topological polar surface area (TPSA) is 105 Å². The second kappa shape index (κ2) is 8.08. The van der Waals surface area contributed by atoms with Crippen LogP contribution in [-0.4, -0.2) is 57.5 Å². The lowest BCUT2D eigenvalue weighted by Gasteiger charge is -2.29. The molecule has 150 valence electrons. The summed E-state index contributed by atoms with van der Waals surface area (Å²) in [5.74, 6) is -0.875. The summed E-state index contributed by atoms with van der Waals surface area (Å²) in [5, 5.41) is 5.02. The Balaban J connectivity index is 1.48. The number of fused-ring (bicyclic) bond motifs is 1. The first-order valence-corrected chi connectivity index (χ1v) is 10.6. The summed E-state index contributed by atoms with van der Waals surface area (Å²) in [6, 6.07) is -1.16. The molecule has 0 spiro atoms. The van der Waals surface area contributed by atoms with Gasteiger partial charge in [0.05, 0.1) is 4.87 Å². The van der Waals surface area contributed by atoms with Crippen LogP contribution < -0.4 is 10.6 Å². The number of nitrogens with zero attached hydrogens (tertiary/aromatic N) is 1. The summed E-state index contributed by atoms with van der Waals surface area (Å²) in [7, 11) is 0. The number of hydrogen-bond donors (Lipinski definition) is 2. The SMILES string of the molecule is C[C@H](OC(=O)[C@@H]1CS[C@@]2(C)CCC(=O)N12)C(=O)NC(=O)NC1CCCCC1. The van der Waals surface area contributed by atoms with Crippen molar-refractivity contribution in [2.75, 3.05) is 5.75 Å². The fourth-order valence-corrected chi connectivity index (χ4v) is 5.40. The molecule has 1 saturated carbocycles. The highest BCUT2D eigenvalue weighted by atomic mass is 32.2. The van der Waals surface area contributed by atoms with Gasteiger partial charge in [0.1, 0.15) is 6.04 Å². The normalized spacial score (nSPS) is 29.2. The lowest BCUT2D eigenvalue weighted by atomic mass is 9.96. The van der Waals surface area contributed by atoms with Gasteiger partial charge in [-0.15, -0.1) is 11.8 Å². The number of ether oxygens (including phenoxy) is 1. The predicted molar refractivity (Wildman–Crippen MR) is 99.8 cm³/mol. The van der Waals surface area contributed by atoms with Crippen molar-refractivity contribution in [3.8, 4) is 0 Å². The first-order valence-electron chi connectivity index (χ1n) is 9.58. The minimum Gasteiger partial charge on any atom is -0.451 e. The highest BCUT2D eigenvalue weighted by molar-refractivity contribution is 8.01. The molecule has 0 radical (unpaired) electrons. The van der Waals surface area contributed by atoms with Gasteiger partial charge in [-0.1, -0.05) is 19.3 Å². The third-order valence-electron chi connectivity index (χ3n) is 5.56. The van der Waals surface area contributed by atoms with Crippen LogP contribution in [0.15, 0.2) is 0 Å². The van der Waals surface area contributed by atoms with Gasteiger partial charge in [0, 0.05) is 18.2 Å². The summed E-state index contributed by atoms with van der Waals surface area (Å²) in [6.07, 6.45) is 5.15. The molecular formula is C18H27N3O5S. The molecule has 3 aliphatic rings. The number of carbonyl (C=O) groups excluding carboxylic acids is 4. The summed E-state index contributed by atoms with van der Waals surface area (Å²) in [4.78, 5) is 49.9. The van der Waals surface area contributed by atoms with Crippen molar-refractivity contribution in [1.29, 1.82) is 0 Å². The zero-order valence-corrected chi connectivity index (χ0v) is 16.6. The Labute approximate surface area is 163 Å². The van der Waals surface area contributed by atoms with Gasteiger partial charge < -0.3 is 15.0 Å². The Morgan fingerprint density at radius 2 is 1.96 bits per heavy atom. The monoisotopic (exact) mass is 397 g/mol. The quantitative estimate of drug-likeness (QED) is 0.697. The molecule has 0 aromatic carbocycles. The minimum absolute atomic E-state index is 0.0617. The highest BCUT2D eigenvalue weighted by Crippen LogP contribution is 2.47. The number of esters is 1. The van der Waals surface area contributed by atoms with Crippen molar-refractivity contribution in [3.63, 3.8) is 0 Å². The third kappa shape index (κ3) is 4.39. The van der Waals surface area contributed by atoms with Gasteiger partial charge >= 0.3 is 12.0 Å². The van der Waals surface area contributed by atoms with Crippen LogP contribution in [0.2, 0.25) is 0 Å². The van der Waals surface area contributed by atoms with E-state index in [1.165, 1.54) is 13.3 Å². The average molecular weight is 397 g/mol. The molecule has 4 amide bonds. The van der Waals surface area contributed by atoms with E-state index in [0.29, 0.717) is 18.6 Å². The molecule has 8 nitrogen and oxygen atoms in total. The molecule has 3 atom stereocenters. The molecule has 9 heteroatoms. The van der Waals surface area contributed by atoms with Gasteiger partial charge in [-0.05, 0) is 33.1 Å². The molecule has 2 saturated heterocycles. The van der Waals surface area contributed by atoms with Gasteiger partial charge in [0.2, 0.25) is 5.91 Å². The molecular weight excluding hydrogens is 370 g/mol. The largest absolute Gasteiger partial charge is 0.451 e. The maximum atomic E-state index is 12.5. The molecule has 0 unspecified atom stereocenters. The highest BCUT2D eigenvalue weighted by Gasteiger charge is 2.53. The Kier molecular flexibility index (Phi) is 5.98. The molecule has 0 aromatic heterocycles. The number of carbonyl (C=O) groups is 4. The van der Waals surface area contributed by atoms with E-state index < -0.39 is 30.1 Å². The predicted octanol–water partition coefficient (Wildman–Crippen LogP) is 1.53. The van der Waals surface area contributed by atoms with Crippen molar-refractivity contribution in [3.05, 3.63) is 0 Å². The molecule has 3 fully saturated rings. The van der Waals surface area contributed by atoms with Crippen molar-refractivity contribution in [1.82, 2.24) is 15.5 Å². The van der Waals surface area contributed by atoms with Crippen LogP contribution in [0, 0.1) is 0 Å².